The van der Waals surface area contributed by atoms with Gasteiger partial charge in [0.1, 0.15) is 0 Å². The Morgan fingerprint density at radius 1 is 1.06 bits per heavy atom. The lowest BCUT2D eigenvalue weighted by atomic mass is 10.1. The molecule has 0 aliphatic carbocycles. The highest BCUT2D eigenvalue weighted by Gasteiger charge is 2.13. The minimum absolute atomic E-state index is 0.231. The molecule has 2 rings (SSSR count). The monoisotopic (exact) mass is 223 g/mol. The minimum Gasteiger partial charge on any atom is -0.256 e. The predicted molar refractivity (Wildman–Crippen MR) is 54.3 cm³/mol. The van der Waals surface area contributed by atoms with Gasteiger partial charge in [0.15, 0.2) is 17.5 Å². The Balaban J connectivity index is 2.62. The van der Waals surface area contributed by atoms with Gasteiger partial charge in [0, 0.05) is 11.8 Å². The smallest absolute Gasteiger partial charge is 0.194 e. The second kappa shape index (κ2) is 3.96. The molecule has 0 aliphatic rings. The van der Waals surface area contributed by atoms with Crippen LogP contribution in [0, 0.1) is 24.4 Å². The third kappa shape index (κ3) is 1.78. The third-order valence-electron chi connectivity index (χ3n) is 2.27. The van der Waals surface area contributed by atoms with Crippen LogP contribution in [0.25, 0.3) is 11.3 Å². The molecule has 4 heteroatoms. The maximum absolute atomic E-state index is 13.0. The lowest BCUT2D eigenvalue weighted by Gasteiger charge is -2.05. The molecule has 1 nitrogen and oxygen atoms in total. The predicted octanol–water partition coefficient (Wildman–Crippen LogP) is 3.47. The standard InChI is InChI=1S/C12H8F3N/c1-7-3-2-4-16-12(7)8-5-9(13)11(15)10(14)6-8/h2-6H,1H3. The van der Waals surface area contributed by atoms with E-state index in [4.69, 9.17) is 0 Å². The molecule has 0 fully saturated rings. The molecule has 0 unspecified atom stereocenters. The van der Waals surface area contributed by atoms with Crippen molar-refractivity contribution in [2.24, 2.45) is 0 Å². The zero-order valence-corrected chi connectivity index (χ0v) is 8.47. The van der Waals surface area contributed by atoms with Gasteiger partial charge in [0.25, 0.3) is 0 Å². The van der Waals surface area contributed by atoms with Crippen LogP contribution in [0.3, 0.4) is 0 Å². The molecule has 0 saturated heterocycles. The molecule has 0 aliphatic heterocycles. The Kier molecular flexibility index (Phi) is 2.64. The molecule has 0 N–H and O–H groups in total. The molecule has 0 amide bonds. The maximum Gasteiger partial charge on any atom is 0.194 e. The number of aryl methyl sites for hydroxylation is 1. The quantitative estimate of drug-likeness (QED) is 0.674. The first kappa shape index (κ1) is 10.7. The van der Waals surface area contributed by atoms with Crippen molar-refractivity contribution in [3.63, 3.8) is 0 Å². The average molecular weight is 223 g/mol. The summed E-state index contributed by atoms with van der Waals surface area (Å²) in [5, 5.41) is 0. The van der Waals surface area contributed by atoms with Crippen LogP contribution < -0.4 is 0 Å². The van der Waals surface area contributed by atoms with Crippen molar-refractivity contribution >= 4 is 0 Å². The molecular formula is C12H8F3N. The van der Waals surface area contributed by atoms with Gasteiger partial charge in [-0.05, 0) is 30.7 Å². The van der Waals surface area contributed by atoms with E-state index in [0.717, 1.165) is 17.7 Å². The largest absolute Gasteiger partial charge is 0.256 e. The Morgan fingerprint density at radius 3 is 2.25 bits per heavy atom. The van der Waals surface area contributed by atoms with Gasteiger partial charge in [-0.25, -0.2) is 13.2 Å². The van der Waals surface area contributed by atoms with E-state index in [1.165, 1.54) is 6.20 Å². The summed E-state index contributed by atoms with van der Waals surface area (Å²) in [4.78, 5) is 4.00. The van der Waals surface area contributed by atoms with Gasteiger partial charge < -0.3 is 0 Å². The normalized spacial score (nSPS) is 10.5. The van der Waals surface area contributed by atoms with Crippen LogP contribution >= 0.6 is 0 Å². The van der Waals surface area contributed by atoms with Gasteiger partial charge in [-0.3, -0.25) is 4.98 Å². The molecule has 1 aromatic heterocycles. The number of hydrogen-bond acceptors (Lipinski definition) is 1. The molecule has 0 atom stereocenters. The molecule has 0 bridgehead atoms. The highest BCUT2D eigenvalue weighted by atomic mass is 19.2. The minimum atomic E-state index is -1.46. The number of aromatic nitrogens is 1. The summed E-state index contributed by atoms with van der Waals surface area (Å²) in [7, 11) is 0. The maximum atomic E-state index is 13.0. The fourth-order valence-electron chi connectivity index (χ4n) is 1.48. The third-order valence-corrected chi connectivity index (χ3v) is 2.27. The first-order chi connectivity index (χ1) is 7.59. The number of pyridine rings is 1. The zero-order valence-electron chi connectivity index (χ0n) is 8.47. The first-order valence-electron chi connectivity index (χ1n) is 4.66. The number of nitrogens with zero attached hydrogens (tertiary/aromatic N) is 1. The van der Waals surface area contributed by atoms with Crippen molar-refractivity contribution in [3.05, 3.63) is 53.5 Å². The lowest BCUT2D eigenvalue weighted by molar-refractivity contribution is 0.447. The van der Waals surface area contributed by atoms with E-state index in [1.54, 1.807) is 19.1 Å². The van der Waals surface area contributed by atoms with Crippen molar-refractivity contribution in [1.82, 2.24) is 4.98 Å². The van der Waals surface area contributed by atoms with Crippen LogP contribution in [-0.4, -0.2) is 4.98 Å². The SMILES string of the molecule is Cc1cccnc1-c1cc(F)c(F)c(F)c1. The van der Waals surface area contributed by atoms with Crippen molar-refractivity contribution in [1.29, 1.82) is 0 Å². The highest BCUT2D eigenvalue weighted by Crippen LogP contribution is 2.24. The van der Waals surface area contributed by atoms with Crippen molar-refractivity contribution in [2.75, 3.05) is 0 Å². The second-order valence-electron chi connectivity index (χ2n) is 3.42. The molecule has 1 aromatic carbocycles. The summed E-state index contributed by atoms with van der Waals surface area (Å²) in [6, 6.07) is 5.36. The summed E-state index contributed by atoms with van der Waals surface area (Å²) in [5.74, 6) is -3.88. The van der Waals surface area contributed by atoms with E-state index in [0.29, 0.717) is 5.69 Å². The average Bonchev–Trinajstić information content (AvgIpc) is 2.26. The van der Waals surface area contributed by atoms with Crippen LogP contribution in [0.15, 0.2) is 30.5 Å². The van der Waals surface area contributed by atoms with Gasteiger partial charge in [0.05, 0.1) is 5.69 Å². The van der Waals surface area contributed by atoms with Crippen molar-refractivity contribution < 1.29 is 13.2 Å². The van der Waals surface area contributed by atoms with E-state index in [2.05, 4.69) is 4.98 Å². The van der Waals surface area contributed by atoms with E-state index >= 15 is 0 Å². The molecule has 1 heterocycles. The van der Waals surface area contributed by atoms with Gasteiger partial charge in [-0.2, -0.15) is 0 Å². The van der Waals surface area contributed by atoms with E-state index in [9.17, 15) is 13.2 Å². The molecule has 2 aromatic rings. The zero-order chi connectivity index (χ0) is 11.7. The fourth-order valence-corrected chi connectivity index (χ4v) is 1.48. The van der Waals surface area contributed by atoms with E-state index < -0.39 is 17.5 Å². The fraction of sp³-hybridized carbons (Fsp3) is 0.0833. The van der Waals surface area contributed by atoms with Crippen molar-refractivity contribution in [3.8, 4) is 11.3 Å². The molecule has 82 valence electrons. The number of hydrogen-bond donors (Lipinski definition) is 0. The second-order valence-corrected chi connectivity index (χ2v) is 3.42. The Labute approximate surface area is 90.6 Å². The van der Waals surface area contributed by atoms with Gasteiger partial charge in [0.2, 0.25) is 0 Å². The Hall–Kier alpha value is -1.84. The van der Waals surface area contributed by atoms with Crippen LogP contribution in [0.5, 0.6) is 0 Å². The number of benzene rings is 1. The highest BCUT2D eigenvalue weighted by molar-refractivity contribution is 5.62. The molecule has 0 radical (unpaired) electrons. The van der Waals surface area contributed by atoms with E-state index in [-0.39, 0.29) is 5.56 Å². The molecular weight excluding hydrogens is 215 g/mol. The first-order valence-corrected chi connectivity index (χ1v) is 4.66. The lowest BCUT2D eigenvalue weighted by Crippen LogP contribution is -1.94. The van der Waals surface area contributed by atoms with Crippen LogP contribution in [0.2, 0.25) is 0 Å². The van der Waals surface area contributed by atoms with Gasteiger partial charge in [-0.1, -0.05) is 6.07 Å². The number of rotatable bonds is 1. The summed E-state index contributed by atoms with van der Waals surface area (Å²) in [5.41, 5.74) is 1.45. The Morgan fingerprint density at radius 2 is 1.69 bits per heavy atom. The van der Waals surface area contributed by atoms with Crippen LogP contribution in [0.4, 0.5) is 13.2 Å². The molecule has 0 saturated carbocycles. The van der Waals surface area contributed by atoms with E-state index in [1.807, 2.05) is 0 Å². The van der Waals surface area contributed by atoms with Gasteiger partial charge in [-0.15, -0.1) is 0 Å². The van der Waals surface area contributed by atoms with Crippen molar-refractivity contribution in [2.45, 2.75) is 6.92 Å². The molecule has 0 spiro atoms. The topological polar surface area (TPSA) is 12.9 Å². The molecule has 16 heavy (non-hydrogen) atoms. The summed E-state index contributed by atoms with van der Waals surface area (Å²) in [6.07, 6.45) is 1.52. The van der Waals surface area contributed by atoms with Crippen LogP contribution in [-0.2, 0) is 0 Å². The summed E-state index contributed by atoms with van der Waals surface area (Å²) >= 11 is 0. The van der Waals surface area contributed by atoms with Gasteiger partial charge >= 0.3 is 0 Å². The summed E-state index contributed by atoms with van der Waals surface area (Å²) in [6.45, 7) is 1.77. The number of halogens is 3. The summed E-state index contributed by atoms with van der Waals surface area (Å²) < 4.78 is 38.8. The van der Waals surface area contributed by atoms with Crippen LogP contribution in [0.1, 0.15) is 5.56 Å². The Bertz CT molecular complexity index is 515.